The van der Waals surface area contributed by atoms with Crippen LogP contribution in [0.3, 0.4) is 0 Å². The van der Waals surface area contributed by atoms with Gasteiger partial charge in [-0.05, 0) is 60.2 Å². The second-order valence-corrected chi connectivity index (χ2v) is 6.23. The highest BCUT2D eigenvalue weighted by molar-refractivity contribution is 9.10. The summed E-state index contributed by atoms with van der Waals surface area (Å²) in [6.45, 7) is 2.14. The Morgan fingerprint density at radius 2 is 2.00 bits per heavy atom. The molecule has 1 aromatic rings. The standard InChI is InChI=1S/C13H18BrN3/c1-8-4-9(14)7-16-13(8)17-11-2-3-12(17)6-10(15)5-11/h4,7,10-12H,2-3,5-6,15H2,1H3. The van der Waals surface area contributed by atoms with Crippen molar-refractivity contribution in [2.24, 2.45) is 5.73 Å². The molecule has 17 heavy (non-hydrogen) atoms. The van der Waals surface area contributed by atoms with Gasteiger partial charge in [-0.2, -0.15) is 0 Å². The first-order valence-corrected chi connectivity index (χ1v) is 7.10. The summed E-state index contributed by atoms with van der Waals surface area (Å²) in [6.07, 6.45) is 6.68. The van der Waals surface area contributed by atoms with Gasteiger partial charge in [-0.1, -0.05) is 0 Å². The van der Waals surface area contributed by atoms with Gasteiger partial charge in [0.2, 0.25) is 0 Å². The molecule has 3 rings (SSSR count). The molecule has 0 saturated carbocycles. The Morgan fingerprint density at radius 1 is 1.35 bits per heavy atom. The van der Waals surface area contributed by atoms with Crippen molar-refractivity contribution in [1.29, 1.82) is 0 Å². The molecule has 2 unspecified atom stereocenters. The van der Waals surface area contributed by atoms with Crippen LogP contribution in [0.1, 0.15) is 31.2 Å². The fraction of sp³-hybridized carbons (Fsp3) is 0.615. The van der Waals surface area contributed by atoms with Gasteiger partial charge in [0, 0.05) is 28.8 Å². The number of nitrogens with zero attached hydrogens (tertiary/aromatic N) is 2. The predicted molar refractivity (Wildman–Crippen MR) is 73.2 cm³/mol. The molecule has 3 heterocycles. The van der Waals surface area contributed by atoms with Crippen LogP contribution < -0.4 is 10.6 Å². The van der Waals surface area contributed by atoms with Gasteiger partial charge in [0.1, 0.15) is 5.82 Å². The molecule has 2 aliphatic rings. The highest BCUT2D eigenvalue weighted by Gasteiger charge is 2.40. The first kappa shape index (κ1) is 11.5. The molecule has 2 aliphatic heterocycles. The first-order chi connectivity index (χ1) is 8.15. The van der Waals surface area contributed by atoms with E-state index in [-0.39, 0.29) is 0 Å². The van der Waals surface area contributed by atoms with Crippen LogP contribution in [-0.2, 0) is 0 Å². The van der Waals surface area contributed by atoms with Crippen molar-refractivity contribution < 1.29 is 0 Å². The average molecular weight is 296 g/mol. The van der Waals surface area contributed by atoms with Gasteiger partial charge < -0.3 is 10.6 Å². The summed E-state index contributed by atoms with van der Waals surface area (Å²) < 4.78 is 1.06. The van der Waals surface area contributed by atoms with Crippen molar-refractivity contribution in [2.45, 2.75) is 50.7 Å². The lowest BCUT2D eigenvalue weighted by Gasteiger charge is -2.39. The van der Waals surface area contributed by atoms with E-state index in [9.17, 15) is 0 Å². The largest absolute Gasteiger partial charge is 0.350 e. The molecule has 0 spiro atoms. The van der Waals surface area contributed by atoms with Crippen molar-refractivity contribution >= 4 is 21.7 Å². The third-order valence-corrected chi connectivity index (χ3v) is 4.47. The third-order valence-electron chi connectivity index (χ3n) is 4.03. The Labute approximate surface area is 111 Å². The highest BCUT2D eigenvalue weighted by Crippen LogP contribution is 2.39. The van der Waals surface area contributed by atoms with E-state index in [1.54, 1.807) is 0 Å². The number of rotatable bonds is 1. The normalized spacial score (nSPS) is 31.9. The maximum atomic E-state index is 6.10. The smallest absolute Gasteiger partial charge is 0.132 e. The van der Waals surface area contributed by atoms with Crippen molar-refractivity contribution in [3.05, 3.63) is 22.3 Å². The van der Waals surface area contributed by atoms with Gasteiger partial charge in [0.15, 0.2) is 0 Å². The molecule has 92 valence electrons. The zero-order valence-corrected chi connectivity index (χ0v) is 11.7. The SMILES string of the molecule is Cc1cc(Br)cnc1N1C2CCC1CC(N)C2. The fourth-order valence-corrected chi connectivity index (χ4v) is 3.81. The molecule has 0 radical (unpaired) electrons. The van der Waals surface area contributed by atoms with Crippen LogP contribution in [0.25, 0.3) is 0 Å². The van der Waals surface area contributed by atoms with E-state index in [2.05, 4.69) is 38.8 Å². The summed E-state index contributed by atoms with van der Waals surface area (Å²) in [5, 5.41) is 0. The number of anilines is 1. The monoisotopic (exact) mass is 295 g/mol. The number of piperidine rings is 1. The van der Waals surface area contributed by atoms with E-state index in [1.165, 1.54) is 18.4 Å². The number of hydrogen-bond donors (Lipinski definition) is 1. The number of nitrogens with two attached hydrogens (primary N) is 1. The lowest BCUT2D eigenvalue weighted by atomic mass is 9.98. The second-order valence-electron chi connectivity index (χ2n) is 5.32. The lowest BCUT2D eigenvalue weighted by molar-refractivity contribution is 0.411. The molecule has 3 nitrogen and oxygen atoms in total. The minimum Gasteiger partial charge on any atom is -0.350 e. The number of halogens is 1. The van der Waals surface area contributed by atoms with E-state index in [1.807, 2.05) is 6.20 Å². The zero-order valence-electron chi connectivity index (χ0n) is 10.1. The summed E-state index contributed by atoms with van der Waals surface area (Å²) in [7, 11) is 0. The Hall–Kier alpha value is -0.610. The minimum absolute atomic E-state index is 0.388. The van der Waals surface area contributed by atoms with Crippen molar-refractivity contribution in [1.82, 2.24) is 4.98 Å². The van der Waals surface area contributed by atoms with Gasteiger partial charge >= 0.3 is 0 Å². The van der Waals surface area contributed by atoms with Crippen molar-refractivity contribution in [3.63, 3.8) is 0 Å². The molecule has 2 saturated heterocycles. The first-order valence-electron chi connectivity index (χ1n) is 6.31. The summed E-state index contributed by atoms with van der Waals surface area (Å²) >= 11 is 3.47. The zero-order chi connectivity index (χ0) is 12.0. The van der Waals surface area contributed by atoms with E-state index in [0.29, 0.717) is 18.1 Å². The maximum absolute atomic E-state index is 6.10. The molecule has 0 amide bonds. The summed E-state index contributed by atoms with van der Waals surface area (Å²) in [4.78, 5) is 7.12. The summed E-state index contributed by atoms with van der Waals surface area (Å²) in [5.74, 6) is 1.16. The lowest BCUT2D eigenvalue weighted by Crippen LogP contribution is -2.48. The average Bonchev–Trinajstić information content (AvgIpc) is 2.53. The topological polar surface area (TPSA) is 42.2 Å². The van der Waals surface area contributed by atoms with Crippen LogP contribution >= 0.6 is 15.9 Å². The fourth-order valence-electron chi connectivity index (χ4n) is 3.37. The Morgan fingerprint density at radius 3 is 2.59 bits per heavy atom. The molecule has 2 bridgehead atoms. The van der Waals surface area contributed by atoms with Gasteiger partial charge in [-0.3, -0.25) is 0 Å². The van der Waals surface area contributed by atoms with Gasteiger partial charge in [-0.25, -0.2) is 4.98 Å². The number of aromatic nitrogens is 1. The summed E-state index contributed by atoms with van der Waals surface area (Å²) in [6, 6.07) is 3.75. The molecular formula is C13H18BrN3. The molecule has 0 aromatic carbocycles. The van der Waals surface area contributed by atoms with Crippen molar-refractivity contribution in [3.8, 4) is 0 Å². The Kier molecular flexibility index (Phi) is 2.87. The maximum Gasteiger partial charge on any atom is 0.132 e. The molecule has 2 atom stereocenters. The van der Waals surface area contributed by atoms with Crippen LogP contribution in [0.2, 0.25) is 0 Å². The molecular weight excluding hydrogens is 278 g/mol. The number of hydrogen-bond acceptors (Lipinski definition) is 3. The molecule has 4 heteroatoms. The van der Waals surface area contributed by atoms with E-state index < -0.39 is 0 Å². The molecule has 2 fully saturated rings. The predicted octanol–water partition coefficient (Wildman–Crippen LogP) is 2.61. The van der Waals surface area contributed by atoms with Gasteiger partial charge in [0.05, 0.1) is 0 Å². The Bertz CT molecular complexity index is 421. The Balaban J connectivity index is 1.94. The van der Waals surface area contributed by atoms with Gasteiger partial charge in [0.25, 0.3) is 0 Å². The van der Waals surface area contributed by atoms with Crippen molar-refractivity contribution in [2.75, 3.05) is 4.90 Å². The summed E-state index contributed by atoms with van der Waals surface area (Å²) in [5.41, 5.74) is 7.36. The van der Waals surface area contributed by atoms with Crippen LogP contribution in [-0.4, -0.2) is 23.1 Å². The molecule has 0 aliphatic carbocycles. The van der Waals surface area contributed by atoms with Crippen LogP contribution in [0, 0.1) is 6.92 Å². The number of pyridine rings is 1. The number of fused-ring (bicyclic) bond motifs is 2. The van der Waals surface area contributed by atoms with Gasteiger partial charge in [-0.15, -0.1) is 0 Å². The van der Waals surface area contributed by atoms with Crippen LogP contribution in [0.15, 0.2) is 16.7 Å². The third kappa shape index (κ3) is 1.97. The van der Waals surface area contributed by atoms with E-state index in [0.717, 1.165) is 23.1 Å². The van der Waals surface area contributed by atoms with Crippen LogP contribution in [0.5, 0.6) is 0 Å². The van der Waals surface area contributed by atoms with Crippen LogP contribution in [0.4, 0.5) is 5.82 Å². The molecule has 1 aromatic heterocycles. The van der Waals surface area contributed by atoms with E-state index in [4.69, 9.17) is 5.73 Å². The minimum atomic E-state index is 0.388. The van der Waals surface area contributed by atoms with E-state index >= 15 is 0 Å². The highest BCUT2D eigenvalue weighted by atomic mass is 79.9. The number of aryl methyl sites for hydroxylation is 1. The second kappa shape index (κ2) is 4.25. The quantitative estimate of drug-likeness (QED) is 0.866. The molecule has 2 N–H and O–H groups in total.